The molecule has 1 N–H and O–H groups in total. The van der Waals surface area contributed by atoms with Crippen molar-refractivity contribution in [1.82, 2.24) is 9.62 Å². The minimum absolute atomic E-state index is 0.103. The minimum atomic E-state index is -3.41. The predicted molar refractivity (Wildman–Crippen MR) is 79.6 cm³/mol. The highest BCUT2D eigenvalue weighted by molar-refractivity contribution is 7.88. The predicted octanol–water partition coefficient (Wildman–Crippen LogP) is 1.60. The summed E-state index contributed by atoms with van der Waals surface area (Å²) in [4.78, 5) is 12.6. The minimum Gasteiger partial charge on any atom is -0.444 e. The van der Waals surface area contributed by atoms with Crippen molar-refractivity contribution in [2.75, 3.05) is 20.1 Å². The third-order valence-corrected chi connectivity index (χ3v) is 4.72. The molecule has 1 aliphatic heterocycles. The number of nitrogens with zero attached hydrogens (tertiary/aromatic N) is 1. The molecule has 0 bridgehead atoms. The number of sulfonamides is 1. The lowest BCUT2D eigenvalue weighted by Crippen LogP contribution is -2.29. The van der Waals surface area contributed by atoms with Crippen LogP contribution >= 0.6 is 11.6 Å². The van der Waals surface area contributed by atoms with Crippen LogP contribution in [0.3, 0.4) is 0 Å². The molecule has 0 spiro atoms. The van der Waals surface area contributed by atoms with E-state index in [0.717, 1.165) is 0 Å². The summed E-state index contributed by atoms with van der Waals surface area (Å²) in [5, 5.41) is 0.566. The maximum absolute atomic E-state index is 11.9. The fraction of sp³-hybridized carbons (Fsp3) is 0.462. The van der Waals surface area contributed by atoms with Crippen LogP contribution in [-0.4, -0.2) is 45.7 Å². The molecule has 8 heteroatoms. The number of benzene rings is 1. The van der Waals surface area contributed by atoms with Crippen LogP contribution in [0.15, 0.2) is 24.3 Å². The third-order valence-electron chi connectivity index (χ3n) is 3.11. The topological polar surface area (TPSA) is 75.7 Å². The number of hydrogen-bond donors (Lipinski definition) is 1. The van der Waals surface area contributed by atoms with E-state index in [0.29, 0.717) is 23.6 Å². The molecule has 0 aliphatic carbocycles. The maximum atomic E-state index is 11.9. The Balaban J connectivity index is 1.79. The number of ether oxygens (including phenoxy) is 1. The third kappa shape index (κ3) is 4.87. The standard InChI is InChI=1S/C13H17ClN2O4S/c1-16-8-12(20-13(16)17)6-7-15-21(18,19)9-10-2-4-11(14)5-3-10/h2-5,12,15H,6-9H2,1H3. The number of cyclic esters (lactones) is 1. The number of carbonyl (C=O) groups is 1. The van der Waals surface area contributed by atoms with Gasteiger partial charge in [0.15, 0.2) is 0 Å². The molecule has 0 saturated carbocycles. The van der Waals surface area contributed by atoms with Gasteiger partial charge in [-0.25, -0.2) is 17.9 Å². The molecule has 1 fully saturated rings. The molecule has 1 atom stereocenters. The summed E-state index contributed by atoms with van der Waals surface area (Å²) in [6.07, 6.45) is -0.180. The zero-order valence-corrected chi connectivity index (χ0v) is 13.2. The molecule has 1 aromatic rings. The van der Waals surface area contributed by atoms with Crippen LogP contribution < -0.4 is 4.72 Å². The van der Waals surface area contributed by atoms with E-state index in [9.17, 15) is 13.2 Å². The molecule has 21 heavy (non-hydrogen) atoms. The van der Waals surface area contributed by atoms with Gasteiger partial charge in [-0.05, 0) is 24.1 Å². The van der Waals surface area contributed by atoms with E-state index in [4.69, 9.17) is 16.3 Å². The molecule has 0 aromatic heterocycles. The summed E-state index contributed by atoms with van der Waals surface area (Å²) >= 11 is 5.75. The molecular weight excluding hydrogens is 316 g/mol. The van der Waals surface area contributed by atoms with E-state index in [-0.39, 0.29) is 24.5 Å². The van der Waals surface area contributed by atoms with Gasteiger partial charge >= 0.3 is 6.09 Å². The van der Waals surface area contributed by atoms with Crippen LogP contribution in [0.1, 0.15) is 12.0 Å². The highest BCUT2D eigenvalue weighted by Crippen LogP contribution is 2.13. The number of nitrogens with one attached hydrogen (secondary N) is 1. The van der Waals surface area contributed by atoms with Crippen LogP contribution in [0.4, 0.5) is 4.79 Å². The van der Waals surface area contributed by atoms with Crippen LogP contribution in [0, 0.1) is 0 Å². The summed E-state index contributed by atoms with van der Waals surface area (Å²) < 4.78 is 31.4. The van der Waals surface area contributed by atoms with Crippen molar-refractivity contribution in [2.45, 2.75) is 18.3 Å². The van der Waals surface area contributed by atoms with Crippen LogP contribution in [-0.2, 0) is 20.5 Å². The van der Waals surface area contributed by atoms with Gasteiger partial charge in [-0.15, -0.1) is 0 Å². The van der Waals surface area contributed by atoms with Gasteiger partial charge in [0, 0.05) is 18.6 Å². The van der Waals surface area contributed by atoms with Crippen molar-refractivity contribution in [2.24, 2.45) is 0 Å². The van der Waals surface area contributed by atoms with Crippen molar-refractivity contribution in [3.8, 4) is 0 Å². The van der Waals surface area contributed by atoms with Crippen molar-refractivity contribution >= 4 is 27.7 Å². The number of amides is 1. The largest absolute Gasteiger partial charge is 0.444 e. The van der Waals surface area contributed by atoms with Gasteiger partial charge in [-0.1, -0.05) is 23.7 Å². The summed E-state index contributed by atoms with van der Waals surface area (Å²) in [6.45, 7) is 0.722. The summed E-state index contributed by atoms with van der Waals surface area (Å²) in [5.74, 6) is -0.103. The molecule has 2 rings (SSSR count). The van der Waals surface area contributed by atoms with Gasteiger partial charge < -0.3 is 9.64 Å². The van der Waals surface area contributed by atoms with Crippen LogP contribution in [0.5, 0.6) is 0 Å². The average Bonchev–Trinajstić information content (AvgIpc) is 2.71. The number of carbonyl (C=O) groups excluding carboxylic acids is 1. The van der Waals surface area contributed by atoms with Crippen molar-refractivity contribution in [1.29, 1.82) is 0 Å². The first-order chi connectivity index (χ1) is 9.85. The van der Waals surface area contributed by atoms with E-state index in [1.165, 1.54) is 4.90 Å². The summed E-state index contributed by atoms with van der Waals surface area (Å²) in [6, 6.07) is 6.66. The molecule has 1 amide bonds. The molecule has 1 aliphatic rings. The zero-order valence-electron chi connectivity index (χ0n) is 11.6. The first-order valence-corrected chi connectivity index (χ1v) is 8.52. The fourth-order valence-corrected chi connectivity index (χ4v) is 3.31. The van der Waals surface area contributed by atoms with Crippen LogP contribution in [0.25, 0.3) is 0 Å². The zero-order chi connectivity index (χ0) is 15.5. The number of rotatable bonds is 6. The Labute approximate surface area is 129 Å². The molecular formula is C13H17ClN2O4S. The Morgan fingerprint density at radius 1 is 1.38 bits per heavy atom. The Bertz CT molecular complexity index is 603. The lowest BCUT2D eigenvalue weighted by atomic mass is 10.2. The van der Waals surface area contributed by atoms with E-state index < -0.39 is 10.0 Å². The second-order valence-corrected chi connectivity index (χ2v) is 7.20. The van der Waals surface area contributed by atoms with E-state index >= 15 is 0 Å². The first-order valence-electron chi connectivity index (χ1n) is 6.49. The normalized spacial score (nSPS) is 18.9. The summed E-state index contributed by atoms with van der Waals surface area (Å²) in [5.41, 5.74) is 0.666. The quantitative estimate of drug-likeness (QED) is 0.858. The second kappa shape index (κ2) is 6.64. The van der Waals surface area contributed by atoms with Crippen molar-refractivity contribution in [3.05, 3.63) is 34.9 Å². The highest BCUT2D eigenvalue weighted by atomic mass is 35.5. The number of likely N-dealkylation sites (N-methyl/N-ethyl adjacent to an activating group) is 1. The van der Waals surface area contributed by atoms with Gasteiger partial charge in [0.2, 0.25) is 10.0 Å². The van der Waals surface area contributed by atoms with E-state index in [2.05, 4.69) is 4.72 Å². The Kier molecular flexibility index (Phi) is 5.08. The fourth-order valence-electron chi connectivity index (χ4n) is 2.03. The van der Waals surface area contributed by atoms with Crippen molar-refractivity contribution < 1.29 is 17.9 Å². The second-order valence-electron chi connectivity index (χ2n) is 4.95. The number of halogens is 1. The monoisotopic (exact) mass is 332 g/mol. The molecule has 1 saturated heterocycles. The Morgan fingerprint density at radius 3 is 2.62 bits per heavy atom. The average molecular weight is 333 g/mol. The SMILES string of the molecule is CN1CC(CCNS(=O)(=O)Cc2ccc(Cl)cc2)OC1=O. The van der Waals surface area contributed by atoms with Gasteiger partial charge in [-0.2, -0.15) is 0 Å². The molecule has 1 unspecified atom stereocenters. The van der Waals surface area contributed by atoms with Gasteiger partial charge in [0.25, 0.3) is 0 Å². The number of hydrogen-bond acceptors (Lipinski definition) is 4. The molecule has 0 radical (unpaired) electrons. The maximum Gasteiger partial charge on any atom is 0.409 e. The molecule has 1 heterocycles. The van der Waals surface area contributed by atoms with Crippen molar-refractivity contribution in [3.63, 3.8) is 0 Å². The van der Waals surface area contributed by atoms with E-state index in [1.54, 1.807) is 31.3 Å². The first kappa shape index (κ1) is 16.1. The van der Waals surface area contributed by atoms with E-state index in [1.807, 2.05) is 0 Å². The Hall–Kier alpha value is -1.31. The molecule has 1 aromatic carbocycles. The van der Waals surface area contributed by atoms with Gasteiger partial charge in [0.05, 0.1) is 12.3 Å². The molecule has 6 nitrogen and oxygen atoms in total. The lowest BCUT2D eigenvalue weighted by molar-refractivity contribution is 0.131. The highest BCUT2D eigenvalue weighted by Gasteiger charge is 2.28. The molecule has 116 valence electrons. The van der Waals surface area contributed by atoms with Gasteiger partial charge in [0.1, 0.15) is 6.10 Å². The van der Waals surface area contributed by atoms with Crippen LogP contribution in [0.2, 0.25) is 5.02 Å². The summed E-state index contributed by atoms with van der Waals surface area (Å²) in [7, 11) is -1.77. The smallest absolute Gasteiger partial charge is 0.409 e. The Morgan fingerprint density at radius 2 is 2.05 bits per heavy atom. The lowest BCUT2D eigenvalue weighted by Gasteiger charge is -2.10. The van der Waals surface area contributed by atoms with Gasteiger partial charge in [-0.3, -0.25) is 0 Å².